The molecule has 2 rings (SSSR count). The first-order chi connectivity index (χ1) is 8.09. The van der Waals surface area contributed by atoms with Crippen LogP contribution in [0.4, 0.5) is 0 Å². The standard InChI is InChI=1S/C13H24N4.2H2O/c1-12-14(3)8-10-16(12)6-5-7-17-11-9-15(4)13(17)2;;/h8-13H,5-7H2,1-4H3;2*1H2. The van der Waals surface area contributed by atoms with Crippen molar-refractivity contribution in [2.75, 3.05) is 27.2 Å². The summed E-state index contributed by atoms with van der Waals surface area (Å²) in [5, 5.41) is 0. The summed E-state index contributed by atoms with van der Waals surface area (Å²) >= 11 is 0. The second kappa shape index (κ2) is 7.25. The van der Waals surface area contributed by atoms with Crippen molar-refractivity contribution < 1.29 is 11.0 Å². The van der Waals surface area contributed by atoms with Gasteiger partial charge in [-0.05, 0) is 20.3 Å². The summed E-state index contributed by atoms with van der Waals surface area (Å²) < 4.78 is 0. The van der Waals surface area contributed by atoms with Crippen LogP contribution in [0.2, 0.25) is 0 Å². The summed E-state index contributed by atoms with van der Waals surface area (Å²) in [5.41, 5.74) is 0. The Balaban J connectivity index is 0.00000162. The van der Waals surface area contributed by atoms with Gasteiger partial charge in [0.2, 0.25) is 0 Å². The maximum absolute atomic E-state index is 2.40. The summed E-state index contributed by atoms with van der Waals surface area (Å²) in [6, 6.07) is 0. The molecule has 0 amide bonds. The van der Waals surface area contributed by atoms with Crippen LogP contribution in [0, 0.1) is 0 Å². The van der Waals surface area contributed by atoms with Gasteiger partial charge in [0.25, 0.3) is 0 Å². The van der Waals surface area contributed by atoms with Crippen LogP contribution in [0.3, 0.4) is 0 Å². The highest BCUT2D eigenvalue weighted by Gasteiger charge is 2.20. The third kappa shape index (κ3) is 3.78. The van der Waals surface area contributed by atoms with Crippen LogP contribution in [-0.4, -0.2) is 70.1 Å². The normalized spacial score (nSPS) is 24.8. The number of hydrogen-bond acceptors (Lipinski definition) is 4. The first kappa shape index (κ1) is 17.6. The van der Waals surface area contributed by atoms with E-state index in [1.54, 1.807) is 0 Å². The number of nitrogens with zero attached hydrogens (tertiary/aromatic N) is 4. The van der Waals surface area contributed by atoms with Gasteiger partial charge in [0.05, 0.1) is 12.3 Å². The molecule has 0 radical (unpaired) electrons. The van der Waals surface area contributed by atoms with Crippen LogP contribution in [0.15, 0.2) is 24.8 Å². The van der Waals surface area contributed by atoms with Crippen molar-refractivity contribution in [2.24, 2.45) is 0 Å². The SMILES string of the molecule is CC1N(C)C=CN1CCCN1C=CN(C)C1C.O.O. The van der Waals surface area contributed by atoms with Crippen LogP contribution in [0.5, 0.6) is 0 Å². The summed E-state index contributed by atoms with van der Waals surface area (Å²) in [6.45, 7) is 6.74. The molecule has 4 N–H and O–H groups in total. The quantitative estimate of drug-likeness (QED) is 0.713. The fourth-order valence-corrected chi connectivity index (χ4v) is 2.31. The van der Waals surface area contributed by atoms with Gasteiger partial charge in [-0.1, -0.05) is 0 Å². The molecular weight excluding hydrogens is 244 g/mol. The maximum atomic E-state index is 2.40. The first-order valence-corrected chi connectivity index (χ1v) is 6.41. The van der Waals surface area contributed by atoms with E-state index in [0.717, 1.165) is 13.1 Å². The highest BCUT2D eigenvalue weighted by atomic mass is 16.0. The molecule has 2 aliphatic rings. The van der Waals surface area contributed by atoms with E-state index in [-0.39, 0.29) is 11.0 Å². The summed E-state index contributed by atoms with van der Waals surface area (Å²) in [5.74, 6) is 0. The summed E-state index contributed by atoms with van der Waals surface area (Å²) in [7, 11) is 4.25. The Morgan fingerprint density at radius 2 is 1.11 bits per heavy atom. The van der Waals surface area contributed by atoms with E-state index in [2.05, 4.69) is 72.3 Å². The van der Waals surface area contributed by atoms with Crippen LogP contribution in [-0.2, 0) is 0 Å². The highest BCUT2D eigenvalue weighted by Crippen LogP contribution is 2.16. The lowest BCUT2D eigenvalue weighted by molar-refractivity contribution is 0.166. The third-order valence-corrected chi connectivity index (χ3v) is 3.96. The minimum absolute atomic E-state index is 0. The van der Waals surface area contributed by atoms with Crippen molar-refractivity contribution >= 4 is 0 Å². The predicted molar refractivity (Wildman–Crippen MR) is 78.0 cm³/mol. The van der Waals surface area contributed by atoms with Crippen LogP contribution >= 0.6 is 0 Å². The smallest absolute Gasteiger partial charge is 0.0974 e. The molecule has 0 fully saturated rings. The Hall–Kier alpha value is -1.40. The van der Waals surface area contributed by atoms with E-state index in [4.69, 9.17) is 0 Å². The minimum atomic E-state index is 0. The van der Waals surface area contributed by atoms with Gasteiger partial charge in [-0.2, -0.15) is 0 Å². The maximum Gasteiger partial charge on any atom is 0.0974 e. The summed E-state index contributed by atoms with van der Waals surface area (Å²) in [4.78, 5) is 9.28. The van der Waals surface area contributed by atoms with Gasteiger partial charge in [-0.25, -0.2) is 0 Å². The van der Waals surface area contributed by atoms with Gasteiger partial charge >= 0.3 is 0 Å². The molecule has 0 bridgehead atoms. The average molecular weight is 272 g/mol. The molecule has 2 heterocycles. The van der Waals surface area contributed by atoms with Crippen LogP contribution in [0.1, 0.15) is 20.3 Å². The molecule has 0 aromatic rings. The molecule has 0 saturated heterocycles. The molecule has 2 atom stereocenters. The molecule has 0 aromatic heterocycles. The minimum Gasteiger partial charge on any atom is -0.412 e. The Bertz CT molecular complexity index is 292. The van der Waals surface area contributed by atoms with E-state index < -0.39 is 0 Å². The predicted octanol–water partition coefficient (Wildman–Crippen LogP) is -0.144. The van der Waals surface area contributed by atoms with Crippen molar-refractivity contribution in [1.29, 1.82) is 0 Å². The van der Waals surface area contributed by atoms with Crippen LogP contribution in [0.25, 0.3) is 0 Å². The van der Waals surface area contributed by atoms with Gasteiger partial charge in [-0.3, -0.25) is 0 Å². The number of rotatable bonds is 4. The first-order valence-electron chi connectivity index (χ1n) is 6.41. The highest BCUT2D eigenvalue weighted by molar-refractivity contribution is 4.95. The Morgan fingerprint density at radius 1 is 0.737 bits per heavy atom. The van der Waals surface area contributed by atoms with Crippen molar-refractivity contribution in [3.63, 3.8) is 0 Å². The van der Waals surface area contributed by atoms with E-state index in [0.29, 0.717) is 12.3 Å². The summed E-state index contributed by atoms with van der Waals surface area (Å²) in [6.07, 6.45) is 10.9. The Kier molecular flexibility index (Phi) is 6.72. The van der Waals surface area contributed by atoms with Gasteiger partial charge in [-0.15, -0.1) is 0 Å². The zero-order valence-electron chi connectivity index (χ0n) is 12.4. The molecule has 0 aliphatic carbocycles. The van der Waals surface area contributed by atoms with Gasteiger partial charge < -0.3 is 30.6 Å². The molecule has 112 valence electrons. The monoisotopic (exact) mass is 272 g/mol. The molecule has 6 heteroatoms. The molecule has 2 aliphatic heterocycles. The van der Waals surface area contributed by atoms with Crippen LogP contribution < -0.4 is 0 Å². The lowest BCUT2D eigenvalue weighted by atomic mass is 10.3. The van der Waals surface area contributed by atoms with Crippen molar-refractivity contribution in [3.05, 3.63) is 24.8 Å². The number of hydrogen-bond donors (Lipinski definition) is 0. The van der Waals surface area contributed by atoms with Gasteiger partial charge in [0, 0.05) is 52.0 Å². The largest absolute Gasteiger partial charge is 0.412 e. The zero-order chi connectivity index (χ0) is 12.4. The molecular formula is C13H28N4O2. The third-order valence-electron chi connectivity index (χ3n) is 3.96. The Labute approximate surface area is 116 Å². The molecule has 0 saturated carbocycles. The van der Waals surface area contributed by atoms with Crippen molar-refractivity contribution in [1.82, 2.24) is 19.6 Å². The van der Waals surface area contributed by atoms with E-state index >= 15 is 0 Å². The molecule has 0 aromatic carbocycles. The average Bonchev–Trinajstić information content (AvgIpc) is 2.79. The Morgan fingerprint density at radius 3 is 1.37 bits per heavy atom. The lowest BCUT2D eigenvalue weighted by Crippen LogP contribution is -2.37. The van der Waals surface area contributed by atoms with Crippen molar-refractivity contribution in [2.45, 2.75) is 32.6 Å². The van der Waals surface area contributed by atoms with E-state index in [1.807, 2.05) is 0 Å². The lowest BCUT2D eigenvalue weighted by Gasteiger charge is -2.30. The molecule has 6 nitrogen and oxygen atoms in total. The van der Waals surface area contributed by atoms with E-state index in [1.165, 1.54) is 6.42 Å². The van der Waals surface area contributed by atoms with Gasteiger partial charge in [0.1, 0.15) is 0 Å². The second-order valence-electron chi connectivity index (χ2n) is 5.02. The molecule has 0 spiro atoms. The van der Waals surface area contributed by atoms with Gasteiger partial charge in [0.15, 0.2) is 0 Å². The fraction of sp³-hybridized carbons (Fsp3) is 0.692. The molecule has 2 unspecified atom stereocenters. The second-order valence-corrected chi connectivity index (χ2v) is 5.02. The zero-order valence-corrected chi connectivity index (χ0v) is 12.4. The van der Waals surface area contributed by atoms with E-state index in [9.17, 15) is 0 Å². The fourth-order valence-electron chi connectivity index (χ4n) is 2.31. The van der Waals surface area contributed by atoms with Crippen molar-refractivity contribution in [3.8, 4) is 0 Å². The molecule has 19 heavy (non-hydrogen) atoms. The topological polar surface area (TPSA) is 76.0 Å².